The van der Waals surface area contributed by atoms with Crippen molar-refractivity contribution in [1.29, 1.82) is 0 Å². The summed E-state index contributed by atoms with van der Waals surface area (Å²) >= 11 is 0. The molecule has 3 heteroatoms. The largest absolute Gasteiger partial charge is 0.294 e. The van der Waals surface area contributed by atoms with E-state index in [2.05, 4.69) is 6.92 Å². The van der Waals surface area contributed by atoms with E-state index in [0.717, 1.165) is 25.3 Å². The predicted octanol–water partition coefficient (Wildman–Crippen LogP) is 4.90. The second-order valence-electron chi connectivity index (χ2n) is 4.54. The quantitative estimate of drug-likeness (QED) is 0.476. The monoisotopic (exact) mass is 254 g/mol. The fraction of sp³-hybridized carbons (Fsp3) is 0.533. The van der Waals surface area contributed by atoms with Gasteiger partial charge in [-0.25, -0.2) is 8.78 Å². The van der Waals surface area contributed by atoms with Gasteiger partial charge in [0.05, 0.1) is 5.56 Å². The Morgan fingerprint density at radius 2 is 1.72 bits per heavy atom. The minimum Gasteiger partial charge on any atom is -0.294 e. The molecule has 18 heavy (non-hydrogen) atoms. The summed E-state index contributed by atoms with van der Waals surface area (Å²) in [5.74, 6) is -2.28. The number of halogens is 2. The molecule has 0 heterocycles. The third-order valence-electron chi connectivity index (χ3n) is 3.01. The number of ketones is 1. The van der Waals surface area contributed by atoms with Gasteiger partial charge in [-0.15, -0.1) is 0 Å². The molecule has 0 aliphatic carbocycles. The van der Waals surface area contributed by atoms with Crippen LogP contribution in [0.1, 0.15) is 62.2 Å². The predicted molar refractivity (Wildman–Crippen MR) is 68.7 cm³/mol. The van der Waals surface area contributed by atoms with Crippen LogP contribution in [0.5, 0.6) is 0 Å². The average Bonchev–Trinajstić information content (AvgIpc) is 2.36. The number of carbonyl (C=O) groups excluding carboxylic acids is 1. The maximum Gasteiger partial charge on any atom is 0.169 e. The minimum atomic E-state index is -1.02. The summed E-state index contributed by atoms with van der Waals surface area (Å²) in [4.78, 5) is 11.7. The molecular formula is C15H20F2O. The van der Waals surface area contributed by atoms with E-state index in [9.17, 15) is 13.6 Å². The third-order valence-corrected chi connectivity index (χ3v) is 3.01. The van der Waals surface area contributed by atoms with Crippen molar-refractivity contribution < 1.29 is 13.6 Å². The van der Waals surface area contributed by atoms with Gasteiger partial charge in [0.25, 0.3) is 0 Å². The zero-order valence-corrected chi connectivity index (χ0v) is 10.8. The number of rotatable bonds is 8. The molecular weight excluding hydrogens is 234 g/mol. The lowest BCUT2D eigenvalue weighted by Crippen LogP contribution is -2.04. The maximum atomic E-state index is 13.3. The Morgan fingerprint density at radius 3 is 2.44 bits per heavy atom. The van der Waals surface area contributed by atoms with Crippen molar-refractivity contribution in [2.75, 3.05) is 0 Å². The van der Waals surface area contributed by atoms with E-state index >= 15 is 0 Å². The van der Waals surface area contributed by atoms with Gasteiger partial charge in [0.1, 0.15) is 0 Å². The van der Waals surface area contributed by atoms with Crippen LogP contribution >= 0.6 is 0 Å². The molecule has 0 bridgehead atoms. The molecule has 0 aromatic heterocycles. The Labute approximate surface area is 107 Å². The van der Waals surface area contributed by atoms with Crippen LogP contribution in [0, 0.1) is 11.6 Å². The molecule has 0 radical (unpaired) electrons. The van der Waals surface area contributed by atoms with Gasteiger partial charge in [-0.3, -0.25) is 4.79 Å². The summed E-state index contributed by atoms with van der Waals surface area (Å²) in [6.07, 6.45) is 6.71. The van der Waals surface area contributed by atoms with Gasteiger partial charge >= 0.3 is 0 Å². The Hall–Kier alpha value is -1.25. The maximum absolute atomic E-state index is 13.3. The van der Waals surface area contributed by atoms with E-state index in [1.807, 2.05) is 0 Å². The summed E-state index contributed by atoms with van der Waals surface area (Å²) in [7, 11) is 0. The molecule has 0 fully saturated rings. The van der Waals surface area contributed by atoms with E-state index < -0.39 is 11.6 Å². The van der Waals surface area contributed by atoms with Crippen LogP contribution in [-0.4, -0.2) is 5.78 Å². The van der Waals surface area contributed by atoms with Gasteiger partial charge < -0.3 is 0 Å². The molecule has 0 amide bonds. The molecule has 0 saturated heterocycles. The molecule has 0 saturated carbocycles. The van der Waals surface area contributed by atoms with Gasteiger partial charge in [-0.2, -0.15) is 0 Å². The molecule has 0 unspecified atom stereocenters. The SMILES string of the molecule is CCCCCCCCC(=O)c1cccc(F)c1F. The summed E-state index contributed by atoms with van der Waals surface area (Å²) in [6, 6.07) is 3.74. The lowest BCUT2D eigenvalue weighted by atomic mass is 10.0. The summed E-state index contributed by atoms with van der Waals surface area (Å²) in [6.45, 7) is 2.15. The van der Waals surface area contributed by atoms with Gasteiger partial charge in [0.15, 0.2) is 17.4 Å². The van der Waals surface area contributed by atoms with Crippen molar-refractivity contribution in [1.82, 2.24) is 0 Å². The Balaban J connectivity index is 2.35. The van der Waals surface area contributed by atoms with Crippen molar-refractivity contribution >= 4 is 5.78 Å². The second kappa shape index (κ2) is 7.96. The summed E-state index contributed by atoms with van der Waals surface area (Å²) < 4.78 is 26.3. The van der Waals surface area contributed by atoms with Gasteiger partial charge in [0, 0.05) is 6.42 Å². The first-order chi connectivity index (χ1) is 8.66. The summed E-state index contributed by atoms with van der Waals surface area (Å²) in [5.41, 5.74) is -0.122. The third kappa shape index (κ3) is 4.55. The van der Waals surface area contributed by atoms with Crippen molar-refractivity contribution in [2.24, 2.45) is 0 Å². The van der Waals surface area contributed by atoms with Crippen molar-refractivity contribution in [2.45, 2.75) is 51.9 Å². The lowest BCUT2D eigenvalue weighted by molar-refractivity contribution is 0.0974. The Morgan fingerprint density at radius 1 is 1.06 bits per heavy atom. The van der Waals surface area contributed by atoms with Crippen LogP contribution < -0.4 is 0 Å². The topological polar surface area (TPSA) is 17.1 Å². The molecule has 1 aromatic carbocycles. The zero-order valence-electron chi connectivity index (χ0n) is 10.8. The van der Waals surface area contributed by atoms with Crippen LogP contribution in [0.15, 0.2) is 18.2 Å². The molecule has 100 valence electrons. The van der Waals surface area contributed by atoms with E-state index in [4.69, 9.17) is 0 Å². The minimum absolute atomic E-state index is 0.122. The first kappa shape index (κ1) is 14.8. The first-order valence-corrected chi connectivity index (χ1v) is 6.64. The normalized spacial score (nSPS) is 10.6. The number of hydrogen-bond donors (Lipinski definition) is 0. The van der Waals surface area contributed by atoms with Gasteiger partial charge in [-0.1, -0.05) is 45.1 Å². The highest BCUT2D eigenvalue weighted by atomic mass is 19.2. The smallest absolute Gasteiger partial charge is 0.169 e. The van der Waals surface area contributed by atoms with Crippen LogP contribution in [0.2, 0.25) is 0 Å². The number of hydrogen-bond acceptors (Lipinski definition) is 1. The lowest BCUT2D eigenvalue weighted by Gasteiger charge is -2.03. The standard InChI is InChI=1S/C15H20F2O/c1-2-3-4-5-6-7-11-14(18)12-9-8-10-13(16)15(12)17/h8-10H,2-7,11H2,1H3. The molecule has 1 rings (SSSR count). The number of carbonyl (C=O) groups is 1. The van der Waals surface area contributed by atoms with Gasteiger partial charge in [0.2, 0.25) is 0 Å². The number of unbranched alkanes of at least 4 members (excludes halogenated alkanes) is 5. The van der Waals surface area contributed by atoms with E-state index in [1.165, 1.54) is 31.4 Å². The first-order valence-electron chi connectivity index (χ1n) is 6.64. The van der Waals surface area contributed by atoms with Crippen molar-refractivity contribution in [3.05, 3.63) is 35.4 Å². The van der Waals surface area contributed by atoms with E-state index in [0.29, 0.717) is 6.42 Å². The fourth-order valence-corrected chi connectivity index (χ4v) is 1.92. The summed E-state index contributed by atoms with van der Waals surface area (Å²) in [5, 5.41) is 0. The number of benzene rings is 1. The van der Waals surface area contributed by atoms with E-state index in [-0.39, 0.29) is 11.3 Å². The second-order valence-corrected chi connectivity index (χ2v) is 4.54. The Bertz CT molecular complexity index is 388. The molecule has 0 N–H and O–H groups in total. The molecule has 0 spiro atoms. The van der Waals surface area contributed by atoms with Crippen LogP contribution in [-0.2, 0) is 0 Å². The molecule has 0 aliphatic heterocycles. The van der Waals surface area contributed by atoms with Crippen LogP contribution in [0.25, 0.3) is 0 Å². The average molecular weight is 254 g/mol. The highest BCUT2D eigenvalue weighted by Gasteiger charge is 2.14. The zero-order chi connectivity index (χ0) is 13.4. The molecule has 0 atom stereocenters. The van der Waals surface area contributed by atoms with Gasteiger partial charge in [-0.05, 0) is 18.6 Å². The van der Waals surface area contributed by atoms with E-state index in [1.54, 1.807) is 0 Å². The molecule has 0 aliphatic rings. The van der Waals surface area contributed by atoms with Crippen LogP contribution in [0.4, 0.5) is 8.78 Å². The fourth-order valence-electron chi connectivity index (χ4n) is 1.92. The molecule has 1 nitrogen and oxygen atoms in total. The molecule has 1 aromatic rings. The Kier molecular flexibility index (Phi) is 6.55. The van der Waals surface area contributed by atoms with Crippen molar-refractivity contribution in [3.8, 4) is 0 Å². The highest BCUT2D eigenvalue weighted by Crippen LogP contribution is 2.15. The highest BCUT2D eigenvalue weighted by molar-refractivity contribution is 5.96. The van der Waals surface area contributed by atoms with Crippen LogP contribution in [0.3, 0.4) is 0 Å². The number of Topliss-reactive ketones (excluding diaryl/α,β-unsaturated/α-hetero) is 1. The van der Waals surface area contributed by atoms with Crippen molar-refractivity contribution in [3.63, 3.8) is 0 Å².